The molecule has 0 aromatic heterocycles. The molecular weight excluding hydrogens is 302 g/mol. The Balaban J connectivity index is 1.78. The fourth-order valence-corrected chi connectivity index (χ4v) is 2.32. The Morgan fingerprint density at radius 2 is 2.09 bits per heavy atom. The summed E-state index contributed by atoms with van der Waals surface area (Å²) in [6, 6.07) is 5.32. The molecular formula is C15H19N3O5. The smallest absolute Gasteiger partial charge is 0.269 e. The molecule has 1 N–H and O–H groups in total. The Kier molecular flexibility index (Phi) is 5.64. The largest absolute Gasteiger partial charge is 0.375 e. The summed E-state index contributed by atoms with van der Waals surface area (Å²) in [5, 5.41) is 13.2. The number of nitro groups is 1. The van der Waals surface area contributed by atoms with E-state index in [4.69, 9.17) is 4.74 Å². The number of nitro benzene ring substituents is 1. The molecule has 1 saturated heterocycles. The van der Waals surface area contributed by atoms with Gasteiger partial charge in [-0.15, -0.1) is 0 Å². The van der Waals surface area contributed by atoms with E-state index >= 15 is 0 Å². The number of carbonyl (C=O) groups excluding carboxylic acids is 2. The summed E-state index contributed by atoms with van der Waals surface area (Å²) in [5.41, 5.74) is 0.251. The van der Waals surface area contributed by atoms with E-state index < -0.39 is 4.92 Å². The van der Waals surface area contributed by atoms with Crippen LogP contribution in [0.5, 0.6) is 0 Å². The van der Waals surface area contributed by atoms with Crippen LogP contribution in [0.3, 0.4) is 0 Å². The zero-order valence-corrected chi connectivity index (χ0v) is 12.9. The number of benzene rings is 1. The van der Waals surface area contributed by atoms with Crippen molar-refractivity contribution in [1.29, 1.82) is 0 Å². The number of morpholine rings is 1. The first-order chi connectivity index (χ1) is 11.0. The van der Waals surface area contributed by atoms with Gasteiger partial charge in [-0.25, -0.2) is 0 Å². The highest BCUT2D eigenvalue weighted by Gasteiger charge is 2.21. The van der Waals surface area contributed by atoms with E-state index in [9.17, 15) is 19.7 Å². The van der Waals surface area contributed by atoms with Crippen LogP contribution < -0.4 is 5.32 Å². The molecule has 0 bridgehead atoms. The maximum Gasteiger partial charge on any atom is 0.269 e. The lowest BCUT2D eigenvalue weighted by Crippen LogP contribution is -2.45. The van der Waals surface area contributed by atoms with Gasteiger partial charge in [0.25, 0.3) is 11.6 Å². The van der Waals surface area contributed by atoms with Crippen molar-refractivity contribution in [2.75, 3.05) is 26.2 Å². The molecule has 23 heavy (non-hydrogen) atoms. The average molecular weight is 321 g/mol. The van der Waals surface area contributed by atoms with Crippen LogP contribution in [0.25, 0.3) is 0 Å². The van der Waals surface area contributed by atoms with Crippen LogP contribution in [0.2, 0.25) is 0 Å². The van der Waals surface area contributed by atoms with Gasteiger partial charge >= 0.3 is 0 Å². The van der Waals surface area contributed by atoms with Gasteiger partial charge in [0.2, 0.25) is 5.91 Å². The normalized spacial score (nSPS) is 17.6. The van der Waals surface area contributed by atoms with Crippen LogP contribution in [0.1, 0.15) is 23.7 Å². The maximum absolute atomic E-state index is 12.0. The van der Waals surface area contributed by atoms with Crippen molar-refractivity contribution in [3.05, 3.63) is 39.9 Å². The van der Waals surface area contributed by atoms with Gasteiger partial charge < -0.3 is 15.0 Å². The van der Waals surface area contributed by atoms with E-state index in [1.165, 1.54) is 24.3 Å². The summed E-state index contributed by atoms with van der Waals surface area (Å²) in [6.07, 6.45) is 0.244. The molecule has 1 unspecified atom stereocenters. The molecule has 2 amide bonds. The fraction of sp³-hybridized carbons (Fsp3) is 0.467. The molecule has 1 aromatic carbocycles. The number of rotatable bonds is 5. The quantitative estimate of drug-likeness (QED) is 0.643. The second-order valence-electron chi connectivity index (χ2n) is 5.33. The van der Waals surface area contributed by atoms with E-state index in [1.54, 1.807) is 4.90 Å². The molecule has 8 heteroatoms. The highest BCUT2D eigenvalue weighted by molar-refractivity contribution is 5.94. The van der Waals surface area contributed by atoms with Gasteiger partial charge in [-0.3, -0.25) is 19.7 Å². The summed E-state index contributed by atoms with van der Waals surface area (Å²) in [6.45, 7) is 3.80. The summed E-state index contributed by atoms with van der Waals surface area (Å²) in [7, 11) is 0. The molecule has 1 fully saturated rings. The van der Waals surface area contributed by atoms with Gasteiger partial charge in [-0.05, 0) is 19.1 Å². The average Bonchev–Trinajstić information content (AvgIpc) is 2.54. The summed E-state index contributed by atoms with van der Waals surface area (Å²) < 4.78 is 5.37. The molecule has 1 aliphatic rings. The third kappa shape index (κ3) is 4.75. The molecule has 2 rings (SSSR count). The van der Waals surface area contributed by atoms with Crippen LogP contribution in [-0.2, 0) is 9.53 Å². The van der Waals surface area contributed by atoms with Crippen LogP contribution in [-0.4, -0.2) is 54.0 Å². The lowest BCUT2D eigenvalue weighted by atomic mass is 10.2. The molecule has 1 heterocycles. The molecule has 0 aliphatic carbocycles. The highest BCUT2D eigenvalue weighted by atomic mass is 16.6. The van der Waals surface area contributed by atoms with Crippen LogP contribution >= 0.6 is 0 Å². The lowest BCUT2D eigenvalue weighted by Gasteiger charge is -2.31. The minimum atomic E-state index is -0.524. The molecule has 1 aliphatic heterocycles. The Morgan fingerprint density at radius 3 is 2.70 bits per heavy atom. The Morgan fingerprint density at radius 1 is 1.39 bits per heavy atom. The first kappa shape index (κ1) is 16.9. The number of nitrogens with zero attached hydrogens (tertiary/aromatic N) is 2. The van der Waals surface area contributed by atoms with E-state index in [2.05, 4.69) is 5.32 Å². The van der Waals surface area contributed by atoms with Gasteiger partial charge in [-0.2, -0.15) is 0 Å². The van der Waals surface area contributed by atoms with Gasteiger partial charge in [-0.1, -0.05) is 0 Å². The number of carbonyl (C=O) groups is 2. The van der Waals surface area contributed by atoms with Crippen molar-refractivity contribution >= 4 is 17.5 Å². The van der Waals surface area contributed by atoms with Crippen molar-refractivity contribution in [3.8, 4) is 0 Å². The monoisotopic (exact) mass is 321 g/mol. The number of hydrogen-bond acceptors (Lipinski definition) is 5. The van der Waals surface area contributed by atoms with Gasteiger partial charge in [0.1, 0.15) is 0 Å². The second-order valence-corrected chi connectivity index (χ2v) is 5.33. The number of amides is 2. The number of hydrogen-bond donors (Lipinski definition) is 1. The maximum atomic E-state index is 12.0. The first-order valence-corrected chi connectivity index (χ1v) is 7.39. The third-order valence-electron chi connectivity index (χ3n) is 3.56. The van der Waals surface area contributed by atoms with Crippen LogP contribution in [0.4, 0.5) is 5.69 Å². The molecule has 1 atom stereocenters. The Hall–Kier alpha value is -2.48. The van der Waals surface area contributed by atoms with Gasteiger partial charge in [0.15, 0.2) is 0 Å². The third-order valence-corrected chi connectivity index (χ3v) is 3.56. The number of nitrogens with one attached hydrogen (secondary N) is 1. The van der Waals surface area contributed by atoms with Crippen LogP contribution in [0.15, 0.2) is 24.3 Å². The number of non-ortho nitro benzene ring substituents is 1. The number of ether oxygens (including phenoxy) is 1. The standard InChI is InChI=1S/C15H19N3O5/c1-11-10-17(8-9-23-11)14(19)6-7-16-15(20)12-2-4-13(5-3-12)18(21)22/h2-5,11H,6-10H2,1H3,(H,16,20). The molecule has 124 valence electrons. The molecule has 8 nitrogen and oxygen atoms in total. The minimum Gasteiger partial charge on any atom is -0.375 e. The van der Waals surface area contributed by atoms with Gasteiger partial charge in [0.05, 0.1) is 17.6 Å². The van der Waals surface area contributed by atoms with E-state index in [1.807, 2.05) is 6.92 Å². The predicted molar refractivity (Wildman–Crippen MR) is 82.0 cm³/mol. The van der Waals surface area contributed by atoms with Crippen molar-refractivity contribution in [2.45, 2.75) is 19.4 Å². The summed E-state index contributed by atoms with van der Waals surface area (Å²) in [4.78, 5) is 35.7. The van der Waals surface area contributed by atoms with Crippen LogP contribution in [0, 0.1) is 10.1 Å². The van der Waals surface area contributed by atoms with E-state index in [-0.39, 0.29) is 36.6 Å². The fourth-order valence-electron chi connectivity index (χ4n) is 2.32. The topological polar surface area (TPSA) is 102 Å². The van der Waals surface area contributed by atoms with Crippen molar-refractivity contribution in [3.63, 3.8) is 0 Å². The van der Waals surface area contributed by atoms with E-state index in [0.717, 1.165) is 0 Å². The van der Waals surface area contributed by atoms with Crippen molar-refractivity contribution in [2.24, 2.45) is 0 Å². The first-order valence-electron chi connectivity index (χ1n) is 7.39. The Bertz CT molecular complexity index is 587. The van der Waals surface area contributed by atoms with Crippen molar-refractivity contribution in [1.82, 2.24) is 10.2 Å². The Labute approximate surface area is 133 Å². The molecule has 0 spiro atoms. The van der Waals surface area contributed by atoms with Gasteiger partial charge in [0, 0.05) is 43.8 Å². The zero-order chi connectivity index (χ0) is 16.8. The van der Waals surface area contributed by atoms with Crippen molar-refractivity contribution < 1.29 is 19.2 Å². The molecule has 0 saturated carbocycles. The highest BCUT2D eigenvalue weighted by Crippen LogP contribution is 2.11. The van der Waals surface area contributed by atoms with E-state index in [0.29, 0.717) is 25.3 Å². The summed E-state index contributed by atoms with van der Waals surface area (Å²) >= 11 is 0. The predicted octanol–water partition coefficient (Wildman–Crippen LogP) is 0.962. The zero-order valence-electron chi connectivity index (χ0n) is 12.9. The lowest BCUT2D eigenvalue weighted by molar-refractivity contribution is -0.384. The molecule has 1 aromatic rings. The summed E-state index contributed by atoms with van der Waals surface area (Å²) in [5.74, 6) is -0.382. The second kappa shape index (κ2) is 7.68. The SMILES string of the molecule is CC1CN(C(=O)CCNC(=O)c2ccc([N+](=O)[O-])cc2)CCO1. The molecule has 0 radical (unpaired) electrons. The minimum absolute atomic E-state index is 0.0239.